The minimum absolute atomic E-state index is 0.322. The molecule has 0 saturated carbocycles. The maximum atomic E-state index is 12.1. The summed E-state index contributed by atoms with van der Waals surface area (Å²) in [7, 11) is 1.59. The SMILES string of the molecule is Cc1ccc(NC(=O)C(=O)N(C)Cc2snnc2C)c(C)c1. The first kappa shape index (κ1) is 16.1. The van der Waals surface area contributed by atoms with Crippen LogP contribution >= 0.6 is 11.5 Å². The van der Waals surface area contributed by atoms with Crippen molar-refractivity contribution in [2.75, 3.05) is 12.4 Å². The Bertz CT molecular complexity index is 711. The van der Waals surface area contributed by atoms with Crippen molar-refractivity contribution in [2.45, 2.75) is 27.3 Å². The Balaban J connectivity index is 2.02. The van der Waals surface area contributed by atoms with E-state index in [0.717, 1.165) is 21.7 Å². The van der Waals surface area contributed by atoms with Gasteiger partial charge in [-0.1, -0.05) is 22.2 Å². The quantitative estimate of drug-likeness (QED) is 0.879. The topological polar surface area (TPSA) is 75.2 Å². The second kappa shape index (κ2) is 6.65. The molecule has 1 N–H and O–H groups in total. The zero-order valence-electron chi connectivity index (χ0n) is 13.0. The molecule has 0 aliphatic heterocycles. The molecule has 6 nitrogen and oxygen atoms in total. The van der Waals surface area contributed by atoms with E-state index in [-0.39, 0.29) is 0 Å². The fourth-order valence-electron chi connectivity index (χ4n) is 1.99. The second-order valence-corrected chi connectivity index (χ2v) is 6.05. The highest BCUT2D eigenvalue weighted by Crippen LogP contribution is 2.16. The third-order valence-electron chi connectivity index (χ3n) is 3.30. The standard InChI is InChI=1S/C15H18N4O2S/c1-9-5-6-12(10(2)7-9)16-14(20)15(21)19(4)8-13-11(3)17-18-22-13/h5-7H,8H2,1-4H3,(H,16,20). The van der Waals surface area contributed by atoms with Crippen LogP contribution in [0.4, 0.5) is 5.69 Å². The van der Waals surface area contributed by atoms with Crippen LogP contribution in [0.5, 0.6) is 0 Å². The number of nitrogens with zero attached hydrogens (tertiary/aromatic N) is 3. The first-order valence-corrected chi connectivity index (χ1v) is 7.57. The Morgan fingerprint density at radius 2 is 2.00 bits per heavy atom. The van der Waals surface area contributed by atoms with Crippen LogP contribution in [0.2, 0.25) is 0 Å². The van der Waals surface area contributed by atoms with E-state index in [1.165, 1.54) is 16.4 Å². The van der Waals surface area contributed by atoms with Crippen LogP contribution in [0.1, 0.15) is 21.7 Å². The normalized spacial score (nSPS) is 10.4. The number of benzene rings is 1. The highest BCUT2D eigenvalue weighted by Gasteiger charge is 2.20. The number of likely N-dealkylation sites (N-methyl/N-ethyl adjacent to an activating group) is 1. The number of carbonyl (C=O) groups excluding carboxylic acids is 2. The first-order valence-electron chi connectivity index (χ1n) is 6.80. The van der Waals surface area contributed by atoms with E-state index in [9.17, 15) is 9.59 Å². The molecule has 0 unspecified atom stereocenters. The molecule has 0 aliphatic carbocycles. The molecule has 1 aromatic carbocycles. The molecule has 1 heterocycles. The van der Waals surface area contributed by atoms with Gasteiger partial charge in [-0.15, -0.1) is 5.10 Å². The number of aryl methyl sites for hydroxylation is 3. The van der Waals surface area contributed by atoms with Gasteiger partial charge in [0.15, 0.2) is 0 Å². The Labute approximate surface area is 133 Å². The molecule has 2 rings (SSSR count). The monoisotopic (exact) mass is 318 g/mol. The van der Waals surface area contributed by atoms with E-state index in [4.69, 9.17) is 0 Å². The smallest absolute Gasteiger partial charge is 0.313 e. The van der Waals surface area contributed by atoms with Gasteiger partial charge < -0.3 is 10.2 Å². The molecule has 116 valence electrons. The number of anilines is 1. The predicted molar refractivity (Wildman–Crippen MR) is 85.7 cm³/mol. The third-order valence-corrected chi connectivity index (χ3v) is 4.11. The Morgan fingerprint density at radius 3 is 2.59 bits per heavy atom. The fourth-order valence-corrected chi connectivity index (χ4v) is 2.67. The van der Waals surface area contributed by atoms with Crippen LogP contribution in [0.15, 0.2) is 18.2 Å². The van der Waals surface area contributed by atoms with Crippen LogP contribution < -0.4 is 5.32 Å². The number of carbonyl (C=O) groups is 2. The summed E-state index contributed by atoms with van der Waals surface area (Å²) in [6.07, 6.45) is 0. The number of aromatic nitrogens is 2. The molecule has 0 radical (unpaired) electrons. The predicted octanol–water partition coefficient (Wildman–Crippen LogP) is 2.06. The van der Waals surface area contributed by atoms with Crippen LogP contribution in [-0.4, -0.2) is 33.3 Å². The summed E-state index contributed by atoms with van der Waals surface area (Å²) < 4.78 is 3.82. The van der Waals surface area contributed by atoms with Gasteiger partial charge in [-0.25, -0.2) is 0 Å². The molecule has 1 aromatic heterocycles. The van der Waals surface area contributed by atoms with Crippen molar-refractivity contribution in [3.05, 3.63) is 39.9 Å². The van der Waals surface area contributed by atoms with Crippen LogP contribution in [0.25, 0.3) is 0 Å². The van der Waals surface area contributed by atoms with Gasteiger partial charge in [-0.3, -0.25) is 9.59 Å². The second-order valence-electron chi connectivity index (χ2n) is 5.22. The van der Waals surface area contributed by atoms with Gasteiger partial charge in [0, 0.05) is 12.7 Å². The number of amides is 2. The first-order chi connectivity index (χ1) is 10.4. The summed E-state index contributed by atoms with van der Waals surface area (Å²) in [5, 5.41) is 6.55. The summed E-state index contributed by atoms with van der Waals surface area (Å²) in [6.45, 7) is 6.02. The lowest BCUT2D eigenvalue weighted by Crippen LogP contribution is -2.36. The van der Waals surface area contributed by atoms with Crippen LogP contribution in [0.3, 0.4) is 0 Å². The Kier molecular flexibility index (Phi) is 4.87. The lowest BCUT2D eigenvalue weighted by atomic mass is 10.1. The minimum Gasteiger partial charge on any atom is -0.332 e. The molecule has 0 atom stereocenters. The van der Waals surface area contributed by atoms with E-state index in [1.54, 1.807) is 13.1 Å². The fraction of sp³-hybridized carbons (Fsp3) is 0.333. The molecule has 7 heteroatoms. The summed E-state index contributed by atoms with van der Waals surface area (Å²) >= 11 is 1.23. The molecule has 2 amide bonds. The van der Waals surface area contributed by atoms with Crippen molar-refractivity contribution < 1.29 is 9.59 Å². The molecule has 0 bridgehead atoms. The largest absolute Gasteiger partial charge is 0.332 e. The van der Waals surface area contributed by atoms with Crippen molar-refractivity contribution in [1.29, 1.82) is 0 Å². The van der Waals surface area contributed by atoms with Gasteiger partial charge >= 0.3 is 11.8 Å². The summed E-state index contributed by atoms with van der Waals surface area (Å²) in [4.78, 5) is 26.4. The maximum absolute atomic E-state index is 12.1. The van der Waals surface area contributed by atoms with Gasteiger partial charge in [-0.2, -0.15) is 0 Å². The van der Waals surface area contributed by atoms with Gasteiger partial charge in [0.05, 0.1) is 17.1 Å². The summed E-state index contributed by atoms with van der Waals surface area (Å²) in [5.41, 5.74) is 3.45. The number of rotatable bonds is 3. The molecular weight excluding hydrogens is 300 g/mol. The molecule has 2 aromatic rings. The average molecular weight is 318 g/mol. The van der Waals surface area contributed by atoms with Crippen molar-refractivity contribution in [3.63, 3.8) is 0 Å². The minimum atomic E-state index is -0.649. The van der Waals surface area contributed by atoms with Gasteiger partial charge in [0.1, 0.15) is 0 Å². The maximum Gasteiger partial charge on any atom is 0.313 e. The van der Waals surface area contributed by atoms with Crippen molar-refractivity contribution in [3.8, 4) is 0 Å². The third kappa shape index (κ3) is 3.67. The van der Waals surface area contributed by atoms with E-state index < -0.39 is 11.8 Å². The van der Waals surface area contributed by atoms with Crippen molar-refractivity contribution in [1.82, 2.24) is 14.5 Å². The van der Waals surface area contributed by atoms with Crippen LogP contribution in [-0.2, 0) is 16.1 Å². The average Bonchev–Trinajstić information content (AvgIpc) is 2.86. The van der Waals surface area contributed by atoms with Gasteiger partial charge in [0.2, 0.25) is 0 Å². The highest BCUT2D eigenvalue weighted by molar-refractivity contribution is 7.05. The van der Waals surface area contributed by atoms with E-state index in [2.05, 4.69) is 14.9 Å². The number of nitrogens with one attached hydrogen (secondary N) is 1. The molecular formula is C15H18N4O2S. The van der Waals surface area contributed by atoms with E-state index in [1.807, 2.05) is 32.9 Å². The summed E-state index contributed by atoms with van der Waals surface area (Å²) in [6, 6.07) is 5.65. The van der Waals surface area contributed by atoms with E-state index >= 15 is 0 Å². The molecule has 0 saturated heterocycles. The van der Waals surface area contributed by atoms with Crippen molar-refractivity contribution in [2.24, 2.45) is 0 Å². The lowest BCUT2D eigenvalue weighted by Gasteiger charge is -2.16. The molecule has 0 spiro atoms. The van der Waals surface area contributed by atoms with E-state index in [0.29, 0.717) is 12.2 Å². The van der Waals surface area contributed by atoms with Gasteiger partial charge in [-0.05, 0) is 43.9 Å². The van der Waals surface area contributed by atoms with Crippen LogP contribution in [0, 0.1) is 20.8 Å². The summed E-state index contributed by atoms with van der Waals surface area (Å²) in [5.74, 6) is -1.24. The number of hydrogen-bond donors (Lipinski definition) is 1. The Hall–Kier alpha value is -2.28. The molecule has 22 heavy (non-hydrogen) atoms. The van der Waals surface area contributed by atoms with Crippen molar-refractivity contribution >= 4 is 29.0 Å². The lowest BCUT2D eigenvalue weighted by molar-refractivity contribution is -0.142. The highest BCUT2D eigenvalue weighted by atomic mass is 32.1. The molecule has 0 aliphatic rings. The zero-order chi connectivity index (χ0) is 16.3. The molecule has 0 fully saturated rings. The number of hydrogen-bond acceptors (Lipinski definition) is 5. The Morgan fingerprint density at radius 1 is 1.27 bits per heavy atom. The zero-order valence-corrected chi connectivity index (χ0v) is 13.8. The van der Waals surface area contributed by atoms with Gasteiger partial charge in [0.25, 0.3) is 0 Å².